The van der Waals surface area contributed by atoms with Gasteiger partial charge in [-0.15, -0.1) is 24.0 Å². The van der Waals surface area contributed by atoms with Gasteiger partial charge in [-0.1, -0.05) is 36.4 Å². The molecule has 1 fully saturated rings. The molecule has 0 aromatic heterocycles. The number of fused-ring (bicyclic) bond motifs is 1. The summed E-state index contributed by atoms with van der Waals surface area (Å²) in [6.07, 6.45) is 2.28. The Labute approximate surface area is 188 Å². The number of hydrogen-bond donors (Lipinski definition) is 3. The molecule has 1 saturated carbocycles. The first kappa shape index (κ1) is 21.7. The average molecular weight is 509 g/mol. The van der Waals surface area contributed by atoms with Gasteiger partial charge in [-0.25, -0.2) is 0 Å². The molecule has 1 unspecified atom stereocenters. The van der Waals surface area contributed by atoms with Gasteiger partial charge in [0.15, 0.2) is 17.5 Å². The van der Waals surface area contributed by atoms with E-state index < -0.39 is 0 Å². The summed E-state index contributed by atoms with van der Waals surface area (Å²) in [5, 5.41) is 16.5. The summed E-state index contributed by atoms with van der Waals surface area (Å²) >= 11 is 0. The normalized spacial score (nSPS) is 17.2. The van der Waals surface area contributed by atoms with Crippen LogP contribution in [-0.4, -0.2) is 44.6 Å². The van der Waals surface area contributed by atoms with Gasteiger partial charge in [0.1, 0.15) is 0 Å². The minimum absolute atomic E-state index is 0. The molecule has 4 rings (SSSR count). The number of aliphatic imine (C=N–C) groups is 1. The SMILES string of the molecule is CN=C(NCC(CO)c1ccccc1)NCC1(c2ccc3c(c2)OCO3)CC1.I. The summed E-state index contributed by atoms with van der Waals surface area (Å²) in [6, 6.07) is 16.3. The summed E-state index contributed by atoms with van der Waals surface area (Å²) < 4.78 is 10.9. The van der Waals surface area contributed by atoms with Crippen molar-refractivity contribution in [3.05, 3.63) is 59.7 Å². The van der Waals surface area contributed by atoms with Crippen LogP contribution in [0.3, 0.4) is 0 Å². The number of nitrogens with zero attached hydrogens (tertiary/aromatic N) is 1. The van der Waals surface area contributed by atoms with Crippen LogP contribution in [0.5, 0.6) is 11.5 Å². The van der Waals surface area contributed by atoms with Gasteiger partial charge in [0, 0.05) is 31.5 Å². The number of rotatable bonds is 7. The highest BCUT2D eigenvalue weighted by Gasteiger charge is 2.44. The fourth-order valence-corrected chi connectivity index (χ4v) is 3.65. The molecule has 6 nitrogen and oxygen atoms in total. The molecule has 2 aromatic rings. The van der Waals surface area contributed by atoms with Crippen molar-refractivity contribution >= 4 is 29.9 Å². The van der Waals surface area contributed by atoms with Crippen LogP contribution in [0.2, 0.25) is 0 Å². The van der Waals surface area contributed by atoms with Gasteiger partial charge in [-0.3, -0.25) is 4.99 Å². The lowest BCUT2D eigenvalue weighted by Crippen LogP contribution is -2.43. The molecule has 1 aliphatic heterocycles. The largest absolute Gasteiger partial charge is 0.454 e. The quantitative estimate of drug-likeness (QED) is 0.304. The van der Waals surface area contributed by atoms with Gasteiger partial charge >= 0.3 is 0 Å². The average Bonchev–Trinajstić information content (AvgIpc) is 3.39. The van der Waals surface area contributed by atoms with Crippen LogP contribution in [0.4, 0.5) is 0 Å². The van der Waals surface area contributed by atoms with Gasteiger partial charge in [-0.2, -0.15) is 0 Å². The smallest absolute Gasteiger partial charge is 0.231 e. The van der Waals surface area contributed by atoms with Gasteiger partial charge in [0.2, 0.25) is 6.79 Å². The summed E-state index contributed by atoms with van der Waals surface area (Å²) in [5.74, 6) is 2.44. The van der Waals surface area contributed by atoms with Crippen molar-refractivity contribution in [3.8, 4) is 11.5 Å². The van der Waals surface area contributed by atoms with E-state index >= 15 is 0 Å². The van der Waals surface area contributed by atoms with E-state index in [4.69, 9.17) is 9.47 Å². The number of aliphatic hydroxyl groups excluding tert-OH is 1. The molecule has 0 saturated heterocycles. The van der Waals surface area contributed by atoms with Crippen LogP contribution in [0.15, 0.2) is 53.5 Å². The van der Waals surface area contributed by atoms with Crippen molar-refractivity contribution in [3.63, 3.8) is 0 Å². The molecule has 2 aliphatic rings. The Morgan fingerprint density at radius 3 is 2.55 bits per heavy atom. The third-order valence-electron chi connectivity index (χ3n) is 5.66. The van der Waals surface area contributed by atoms with E-state index in [0.717, 1.165) is 42.4 Å². The maximum atomic E-state index is 9.74. The Bertz CT molecular complexity index is 840. The molecular formula is C22H28IN3O3. The Kier molecular flexibility index (Phi) is 7.23. The van der Waals surface area contributed by atoms with Crippen molar-refractivity contribution < 1.29 is 14.6 Å². The fourth-order valence-electron chi connectivity index (χ4n) is 3.65. The van der Waals surface area contributed by atoms with Gasteiger partial charge in [0.05, 0.1) is 6.61 Å². The molecule has 0 radical (unpaired) electrons. The standard InChI is InChI=1S/C22H27N3O3.HI/c1-23-21(24-12-17(13-26)16-5-3-2-4-6-16)25-14-22(9-10-22)18-7-8-19-20(11-18)28-15-27-19;/h2-8,11,17,26H,9-10,12-15H2,1H3,(H2,23,24,25);1H. The van der Waals surface area contributed by atoms with E-state index in [1.54, 1.807) is 7.05 Å². The molecule has 0 bridgehead atoms. The van der Waals surface area contributed by atoms with Crippen molar-refractivity contribution in [2.45, 2.75) is 24.2 Å². The summed E-state index contributed by atoms with van der Waals surface area (Å²) in [7, 11) is 1.77. The zero-order chi connectivity index (χ0) is 19.4. The highest BCUT2D eigenvalue weighted by Crippen LogP contribution is 2.49. The lowest BCUT2D eigenvalue weighted by molar-refractivity contribution is 0.174. The number of benzene rings is 2. The van der Waals surface area contributed by atoms with Crippen molar-refractivity contribution in [1.82, 2.24) is 10.6 Å². The Morgan fingerprint density at radius 1 is 1.10 bits per heavy atom. The number of aliphatic hydroxyl groups is 1. The molecule has 7 heteroatoms. The molecule has 0 spiro atoms. The van der Waals surface area contributed by atoms with Crippen LogP contribution >= 0.6 is 24.0 Å². The molecule has 0 amide bonds. The zero-order valence-corrected chi connectivity index (χ0v) is 18.9. The monoisotopic (exact) mass is 509 g/mol. The lowest BCUT2D eigenvalue weighted by atomic mass is 9.95. The maximum absolute atomic E-state index is 9.74. The van der Waals surface area contributed by atoms with Crippen molar-refractivity contribution in [2.75, 3.05) is 33.5 Å². The summed E-state index contributed by atoms with van der Waals surface area (Å²) in [5.41, 5.74) is 2.51. The first-order valence-electron chi connectivity index (χ1n) is 9.74. The third-order valence-corrected chi connectivity index (χ3v) is 5.66. The second-order valence-corrected chi connectivity index (χ2v) is 7.45. The minimum Gasteiger partial charge on any atom is -0.454 e. The van der Waals surface area contributed by atoms with Crippen LogP contribution in [0.25, 0.3) is 0 Å². The number of ether oxygens (including phenoxy) is 2. The third kappa shape index (κ3) is 4.95. The first-order chi connectivity index (χ1) is 13.7. The van der Waals surface area contributed by atoms with Crippen LogP contribution in [0.1, 0.15) is 29.9 Å². The van der Waals surface area contributed by atoms with E-state index in [0.29, 0.717) is 13.3 Å². The van der Waals surface area contributed by atoms with Crippen molar-refractivity contribution in [1.29, 1.82) is 0 Å². The molecule has 156 valence electrons. The molecule has 1 atom stereocenters. The molecule has 2 aromatic carbocycles. The van der Waals surface area contributed by atoms with E-state index in [-0.39, 0.29) is 41.9 Å². The summed E-state index contributed by atoms with van der Waals surface area (Å²) in [6.45, 7) is 1.82. The van der Waals surface area contributed by atoms with E-state index in [1.165, 1.54) is 5.56 Å². The first-order valence-corrected chi connectivity index (χ1v) is 9.74. The molecule has 1 aliphatic carbocycles. The second-order valence-electron chi connectivity index (χ2n) is 7.45. The van der Waals surface area contributed by atoms with Gasteiger partial charge in [0.25, 0.3) is 0 Å². The Balaban J connectivity index is 0.00000240. The van der Waals surface area contributed by atoms with E-state index in [2.05, 4.69) is 27.8 Å². The molecule has 29 heavy (non-hydrogen) atoms. The highest BCUT2D eigenvalue weighted by atomic mass is 127. The predicted molar refractivity (Wildman–Crippen MR) is 125 cm³/mol. The minimum atomic E-state index is 0. The maximum Gasteiger partial charge on any atom is 0.231 e. The molecule has 3 N–H and O–H groups in total. The molecular weight excluding hydrogens is 481 g/mol. The van der Waals surface area contributed by atoms with E-state index in [1.807, 2.05) is 36.4 Å². The zero-order valence-electron chi connectivity index (χ0n) is 16.6. The van der Waals surface area contributed by atoms with Gasteiger partial charge in [-0.05, 0) is 36.1 Å². The lowest BCUT2D eigenvalue weighted by Gasteiger charge is -2.21. The van der Waals surface area contributed by atoms with Crippen LogP contribution < -0.4 is 20.1 Å². The van der Waals surface area contributed by atoms with Crippen LogP contribution in [0, 0.1) is 0 Å². The predicted octanol–water partition coefficient (Wildman–Crippen LogP) is 3.01. The van der Waals surface area contributed by atoms with Crippen molar-refractivity contribution in [2.24, 2.45) is 4.99 Å². The Morgan fingerprint density at radius 2 is 1.86 bits per heavy atom. The number of hydrogen-bond acceptors (Lipinski definition) is 4. The van der Waals surface area contributed by atoms with E-state index in [9.17, 15) is 5.11 Å². The topological polar surface area (TPSA) is 75.1 Å². The second kappa shape index (κ2) is 9.67. The Hall–Kier alpha value is -2.00. The fraction of sp³-hybridized carbons (Fsp3) is 0.409. The number of guanidine groups is 1. The number of halogens is 1. The van der Waals surface area contributed by atoms with Crippen LogP contribution in [-0.2, 0) is 5.41 Å². The van der Waals surface area contributed by atoms with Gasteiger partial charge < -0.3 is 25.2 Å². The molecule has 1 heterocycles. The summed E-state index contributed by atoms with van der Waals surface area (Å²) in [4.78, 5) is 4.34. The highest BCUT2D eigenvalue weighted by molar-refractivity contribution is 14.0. The number of nitrogens with one attached hydrogen (secondary N) is 2.